The lowest BCUT2D eigenvalue weighted by molar-refractivity contribution is 0.00255. The molecule has 6 heteroatoms. The second-order valence-electron chi connectivity index (χ2n) is 7.10. The van der Waals surface area contributed by atoms with Gasteiger partial charge in [-0.2, -0.15) is 0 Å². The number of ether oxygens (including phenoxy) is 2. The lowest BCUT2D eigenvalue weighted by Gasteiger charge is -2.36. The van der Waals surface area contributed by atoms with Crippen molar-refractivity contribution in [2.24, 2.45) is 0 Å². The largest absolute Gasteiger partial charge is 0.491 e. The highest BCUT2D eigenvalue weighted by atomic mass is 79.9. The van der Waals surface area contributed by atoms with E-state index in [1.807, 2.05) is 24.3 Å². The molecule has 0 aliphatic heterocycles. The zero-order valence-electron chi connectivity index (χ0n) is 14.8. The Labute approximate surface area is 149 Å². The Balaban J connectivity index is 2.15. The minimum Gasteiger partial charge on any atom is -0.491 e. The highest BCUT2D eigenvalue weighted by Gasteiger charge is 2.36. The van der Waals surface area contributed by atoms with Crippen LogP contribution < -0.4 is 4.74 Å². The van der Waals surface area contributed by atoms with Crippen molar-refractivity contribution in [1.29, 1.82) is 0 Å². The highest BCUT2D eigenvalue weighted by molar-refractivity contribution is 9.10. The number of halogens is 1. The van der Waals surface area contributed by atoms with E-state index in [1.54, 1.807) is 0 Å². The number of hydrogen-bond acceptors (Lipinski definition) is 4. The van der Waals surface area contributed by atoms with E-state index < -0.39 is 14.4 Å². The van der Waals surface area contributed by atoms with Gasteiger partial charge in [0.25, 0.3) is 0 Å². The van der Waals surface area contributed by atoms with Crippen molar-refractivity contribution >= 4 is 24.2 Å². The first-order valence-corrected chi connectivity index (χ1v) is 11.6. The second kappa shape index (κ2) is 9.18. The standard InChI is InChI=1S/C17H29BrO4Si/c1-17(2,3)23(4,5)22-11-10-20-12-15(19)13-21-16-8-6-14(18)7-9-16/h6-9,15,19H,10-13H2,1-5H3. The lowest BCUT2D eigenvalue weighted by Crippen LogP contribution is -2.41. The zero-order chi connectivity index (χ0) is 17.5. The summed E-state index contributed by atoms with van der Waals surface area (Å²) in [6.45, 7) is 12.6. The second-order valence-corrected chi connectivity index (χ2v) is 12.8. The average Bonchev–Trinajstić information content (AvgIpc) is 2.45. The smallest absolute Gasteiger partial charge is 0.192 e. The molecule has 1 aromatic carbocycles. The molecule has 0 bridgehead atoms. The molecule has 0 aliphatic rings. The number of hydrogen-bond donors (Lipinski definition) is 1. The van der Waals surface area contributed by atoms with E-state index in [1.165, 1.54) is 0 Å². The van der Waals surface area contributed by atoms with E-state index in [2.05, 4.69) is 49.8 Å². The normalized spacial score (nSPS) is 13.9. The summed E-state index contributed by atoms with van der Waals surface area (Å²) in [5.41, 5.74) is 0. The van der Waals surface area contributed by atoms with Crippen molar-refractivity contribution in [3.05, 3.63) is 28.7 Å². The molecule has 0 spiro atoms. The molecule has 0 radical (unpaired) electrons. The summed E-state index contributed by atoms with van der Waals surface area (Å²) >= 11 is 3.37. The molecule has 132 valence electrons. The van der Waals surface area contributed by atoms with E-state index in [9.17, 15) is 5.11 Å². The van der Waals surface area contributed by atoms with Crippen LogP contribution >= 0.6 is 15.9 Å². The SMILES string of the molecule is CC(C)(C)[Si](C)(C)OCCOCC(O)COc1ccc(Br)cc1. The summed E-state index contributed by atoms with van der Waals surface area (Å²) in [6, 6.07) is 7.50. The van der Waals surface area contributed by atoms with Crippen molar-refractivity contribution < 1.29 is 19.0 Å². The molecule has 0 fully saturated rings. The summed E-state index contributed by atoms with van der Waals surface area (Å²) < 4.78 is 18.0. The molecule has 4 nitrogen and oxygen atoms in total. The average molecular weight is 405 g/mol. The van der Waals surface area contributed by atoms with Gasteiger partial charge in [0, 0.05) is 4.47 Å². The molecule has 0 aliphatic carbocycles. The molecule has 23 heavy (non-hydrogen) atoms. The van der Waals surface area contributed by atoms with Crippen LogP contribution in [0.1, 0.15) is 20.8 Å². The minimum atomic E-state index is -1.72. The third kappa shape index (κ3) is 7.81. The number of benzene rings is 1. The van der Waals surface area contributed by atoms with Gasteiger partial charge in [-0.15, -0.1) is 0 Å². The highest BCUT2D eigenvalue weighted by Crippen LogP contribution is 2.36. The lowest BCUT2D eigenvalue weighted by atomic mass is 10.2. The first-order chi connectivity index (χ1) is 10.6. The Bertz CT molecular complexity index is 457. The van der Waals surface area contributed by atoms with Crippen LogP contribution in [0.4, 0.5) is 0 Å². The number of aliphatic hydroxyl groups excluding tert-OH is 1. The van der Waals surface area contributed by atoms with Crippen LogP contribution in [-0.4, -0.2) is 46.0 Å². The van der Waals surface area contributed by atoms with Crippen LogP contribution in [0.25, 0.3) is 0 Å². The molecule has 1 atom stereocenters. The van der Waals surface area contributed by atoms with Gasteiger partial charge >= 0.3 is 0 Å². The maximum absolute atomic E-state index is 9.86. The molecule has 1 aromatic rings. The number of aliphatic hydroxyl groups is 1. The number of rotatable bonds is 9. The maximum Gasteiger partial charge on any atom is 0.192 e. The van der Waals surface area contributed by atoms with Crippen molar-refractivity contribution in [1.82, 2.24) is 0 Å². The quantitative estimate of drug-likeness (QED) is 0.494. The van der Waals surface area contributed by atoms with Crippen molar-refractivity contribution in [3.63, 3.8) is 0 Å². The van der Waals surface area contributed by atoms with E-state index in [0.717, 1.165) is 10.2 Å². The molecule has 0 amide bonds. The molecule has 0 heterocycles. The molecule has 1 unspecified atom stereocenters. The molecule has 0 aromatic heterocycles. The van der Waals surface area contributed by atoms with Crippen LogP contribution in [0.2, 0.25) is 18.1 Å². The fraction of sp³-hybridized carbons (Fsp3) is 0.647. The Morgan fingerprint density at radius 3 is 2.26 bits per heavy atom. The van der Waals surface area contributed by atoms with Gasteiger partial charge in [-0.3, -0.25) is 0 Å². The Morgan fingerprint density at radius 2 is 1.70 bits per heavy atom. The molecular formula is C17H29BrO4Si. The molecule has 0 saturated carbocycles. The predicted octanol–water partition coefficient (Wildman–Crippen LogP) is 4.23. The summed E-state index contributed by atoms with van der Waals surface area (Å²) in [5, 5.41) is 10.1. The van der Waals surface area contributed by atoms with E-state index in [-0.39, 0.29) is 18.3 Å². The maximum atomic E-state index is 9.86. The van der Waals surface area contributed by atoms with Gasteiger partial charge < -0.3 is 19.0 Å². The fourth-order valence-electron chi connectivity index (χ4n) is 1.56. The van der Waals surface area contributed by atoms with Crippen molar-refractivity contribution in [2.45, 2.75) is 45.0 Å². The monoisotopic (exact) mass is 404 g/mol. The Morgan fingerprint density at radius 1 is 1.09 bits per heavy atom. The van der Waals surface area contributed by atoms with Crippen LogP contribution in [0.3, 0.4) is 0 Å². The summed E-state index contributed by atoms with van der Waals surface area (Å²) in [5.74, 6) is 0.730. The topological polar surface area (TPSA) is 47.9 Å². The van der Waals surface area contributed by atoms with Crippen molar-refractivity contribution in [2.75, 3.05) is 26.4 Å². The van der Waals surface area contributed by atoms with Gasteiger partial charge in [-0.05, 0) is 42.4 Å². The molecule has 0 saturated heterocycles. The summed E-state index contributed by atoms with van der Waals surface area (Å²) in [6.07, 6.45) is -0.647. The third-order valence-electron chi connectivity index (χ3n) is 4.06. The van der Waals surface area contributed by atoms with Gasteiger partial charge in [0.2, 0.25) is 0 Å². The molecular weight excluding hydrogens is 376 g/mol. The van der Waals surface area contributed by atoms with Gasteiger partial charge in [0.1, 0.15) is 18.5 Å². The molecule has 1 rings (SSSR count). The van der Waals surface area contributed by atoms with Gasteiger partial charge in [-0.1, -0.05) is 36.7 Å². The van der Waals surface area contributed by atoms with Crippen LogP contribution in [-0.2, 0) is 9.16 Å². The minimum absolute atomic E-state index is 0.199. The van der Waals surface area contributed by atoms with Crippen LogP contribution in [0.5, 0.6) is 5.75 Å². The van der Waals surface area contributed by atoms with Gasteiger partial charge in [-0.25, -0.2) is 0 Å². The first kappa shape index (κ1) is 20.6. The van der Waals surface area contributed by atoms with Gasteiger partial charge in [0.15, 0.2) is 8.32 Å². The van der Waals surface area contributed by atoms with Crippen LogP contribution in [0, 0.1) is 0 Å². The van der Waals surface area contributed by atoms with Gasteiger partial charge in [0.05, 0.1) is 19.8 Å². The third-order valence-corrected chi connectivity index (χ3v) is 9.13. The summed E-state index contributed by atoms with van der Waals surface area (Å²) in [4.78, 5) is 0. The van der Waals surface area contributed by atoms with E-state index in [4.69, 9.17) is 13.9 Å². The Hall–Kier alpha value is -0.403. The Kier molecular flexibility index (Phi) is 8.24. The fourth-order valence-corrected chi connectivity index (χ4v) is 2.85. The van der Waals surface area contributed by atoms with E-state index in [0.29, 0.717) is 13.2 Å². The molecule has 1 N–H and O–H groups in total. The van der Waals surface area contributed by atoms with Crippen molar-refractivity contribution in [3.8, 4) is 5.75 Å². The van der Waals surface area contributed by atoms with Crippen LogP contribution in [0.15, 0.2) is 28.7 Å². The first-order valence-electron chi connectivity index (χ1n) is 7.90. The van der Waals surface area contributed by atoms with E-state index >= 15 is 0 Å². The zero-order valence-corrected chi connectivity index (χ0v) is 17.4. The summed E-state index contributed by atoms with van der Waals surface area (Å²) in [7, 11) is -1.72. The predicted molar refractivity (Wildman–Crippen MR) is 99.6 cm³/mol.